The SMILES string of the molecule is COc1ccccc1CC(C)NC(=O)c1ncccc1Br. The van der Waals surface area contributed by atoms with Gasteiger partial charge in [0.15, 0.2) is 0 Å². The smallest absolute Gasteiger partial charge is 0.271 e. The number of carbonyl (C=O) groups is 1. The Balaban J connectivity index is 2.03. The zero-order valence-corrected chi connectivity index (χ0v) is 13.6. The maximum atomic E-state index is 12.2. The molecule has 0 bridgehead atoms. The number of hydrogen-bond donors (Lipinski definition) is 1. The predicted molar refractivity (Wildman–Crippen MR) is 85.6 cm³/mol. The average Bonchev–Trinajstić information content (AvgIpc) is 2.48. The molecule has 0 spiro atoms. The summed E-state index contributed by atoms with van der Waals surface area (Å²) in [6.07, 6.45) is 2.30. The summed E-state index contributed by atoms with van der Waals surface area (Å²) < 4.78 is 6.01. The number of nitrogens with zero attached hydrogens (tertiary/aromatic N) is 1. The van der Waals surface area contributed by atoms with Crippen molar-refractivity contribution in [2.75, 3.05) is 7.11 Å². The molecule has 1 amide bonds. The first kappa shape index (κ1) is 15.5. The van der Waals surface area contributed by atoms with Gasteiger partial charge in [-0.05, 0) is 53.0 Å². The second-order valence-electron chi connectivity index (χ2n) is 4.72. The summed E-state index contributed by atoms with van der Waals surface area (Å²) in [7, 11) is 1.65. The molecule has 5 heteroatoms. The molecule has 2 aromatic rings. The van der Waals surface area contributed by atoms with Crippen LogP contribution in [0.15, 0.2) is 47.1 Å². The molecule has 0 saturated carbocycles. The van der Waals surface area contributed by atoms with Gasteiger partial charge in [0.2, 0.25) is 0 Å². The molecular formula is C16H17BrN2O2. The summed E-state index contributed by atoms with van der Waals surface area (Å²) in [4.78, 5) is 16.3. The van der Waals surface area contributed by atoms with Gasteiger partial charge in [-0.25, -0.2) is 4.98 Å². The number of rotatable bonds is 5. The molecule has 1 aromatic carbocycles. The van der Waals surface area contributed by atoms with Crippen LogP contribution in [0.1, 0.15) is 23.0 Å². The van der Waals surface area contributed by atoms with E-state index in [1.165, 1.54) is 0 Å². The number of aromatic nitrogens is 1. The fourth-order valence-corrected chi connectivity index (χ4v) is 2.53. The second kappa shape index (κ2) is 7.22. The summed E-state index contributed by atoms with van der Waals surface area (Å²) in [5.41, 5.74) is 1.46. The minimum Gasteiger partial charge on any atom is -0.496 e. The van der Waals surface area contributed by atoms with E-state index in [2.05, 4.69) is 26.2 Å². The Hall–Kier alpha value is -1.88. The Morgan fingerprint density at radius 1 is 1.33 bits per heavy atom. The molecule has 0 fully saturated rings. The summed E-state index contributed by atoms with van der Waals surface area (Å²) in [5, 5.41) is 2.95. The van der Waals surface area contributed by atoms with Crippen LogP contribution in [0.3, 0.4) is 0 Å². The number of nitrogens with one attached hydrogen (secondary N) is 1. The zero-order valence-electron chi connectivity index (χ0n) is 12.0. The number of carbonyl (C=O) groups excluding carboxylic acids is 1. The van der Waals surface area contributed by atoms with Gasteiger partial charge in [-0.1, -0.05) is 18.2 Å². The molecular weight excluding hydrogens is 332 g/mol. The number of halogens is 1. The van der Waals surface area contributed by atoms with Gasteiger partial charge in [0.1, 0.15) is 11.4 Å². The van der Waals surface area contributed by atoms with Crippen LogP contribution >= 0.6 is 15.9 Å². The first-order valence-corrected chi connectivity index (χ1v) is 7.44. The standard InChI is InChI=1S/C16H17BrN2O2/c1-11(10-12-6-3-4-8-14(12)21-2)19-16(20)15-13(17)7-5-9-18-15/h3-9,11H,10H2,1-2H3,(H,19,20). The Morgan fingerprint density at radius 3 is 2.81 bits per heavy atom. The highest BCUT2D eigenvalue weighted by atomic mass is 79.9. The van der Waals surface area contributed by atoms with Crippen LogP contribution in [0.5, 0.6) is 5.75 Å². The lowest BCUT2D eigenvalue weighted by atomic mass is 10.1. The van der Waals surface area contributed by atoms with E-state index in [1.807, 2.05) is 31.2 Å². The monoisotopic (exact) mass is 348 g/mol. The second-order valence-corrected chi connectivity index (χ2v) is 5.58. The molecule has 21 heavy (non-hydrogen) atoms. The van der Waals surface area contributed by atoms with Crippen molar-refractivity contribution < 1.29 is 9.53 Å². The number of hydrogen-bond acceptors (Lipinski definition) is 3. The molecule has 2 rings (SSSR count). The zero-order chi connectivity index (χ0) is 15.2. The van der Waals surface area contributed by atoms with Crippen molar-refractivity contribution in [2.24, 2.45) is 0 Å². The van der Waals surface area contributed by atoms with Gasteiger partial charge >= 0.3 is 0 Å². The van der Waals surface area contributed by atoms with E-state index in [4.69, 9.17) is 4.74 Å². The van der Waals surface area contributed by atoms with Crippen LogP contribution in [0.4, 0.5) is 0 Å². The molecule has 4 nitrogen and oxygen atoms in total. The van der Waals surface area contributed by atoms with E-state index in [1.54, 1.807) is 25.4 Å². The quantitative estimate of drug-likeness (QED) is 0.902. The highest BCUT2D eigenvalue weighted by molar-refractivity contribution is 9.10. The molecule has 0 aliphatic heterocycles. The molecule has 1 unspecified atom stereocenters. The molecule has 0 aliphatic carbocycles. The molecule has 1 atom stereocenters. The van der Waals surface area contributed by atoms with Crippen molar-refractivity contribution in [2.45, 2.75) is 19.4 Å². The topological polar surface area (TPSA) is 51.2 Å². The van der Waals surface area contributed by atoms with Crippen molar-refractivity contribution in [1.82, 2.24) is 10.3 Å². The van der Waals surface area contributed by atoms with Crippen molar-refractivity contribution >= 4 is 21.8 Å². The number of ether oxygens (including phenoxy) is 1. The van der Waals surface area contributed by atoms with Gasteiger partial charge < -0.3 is 10.1 Å². The van der Waals surface area contributed by atoms with E-state index in [0.29, 0.717) is 16.6 Å². The molecule has 1 aromatic heterocycles. The fourth-order valence-electron chi connectivity index (χ4n) is 2.10. The Labute approximate surface area is 132 Å². The first-order chi connectivity index (χ1) is 10.1. The highest BCUT2D eigenvalue weighted by Crippen LogP contribution is 2.19. The van der Waals surface area contributed by atoms with E-state index in [-0.39, 0.29) is 11.9 Å². The summed E-state index contributed by atoms with van der Waals surface area (Å²) in [6, 6.07) is 11.4. The van der Waals surface area contributed by atoms with Crippen molar-refractivity contribution in [3.05, 3.63) is 58.3 Å². The van der Waals surface area contributed by atoms with Crippen molar-refractivity contribution in [3.8, 4) is 5.75 Å². The molecule has 0 aliphatic rings. The van der Waals surface area contributed by atoms with E-state index in [9.17, 15) is 4.79 Å². The fraction of sp³-hybridized carbons (Fsp3) is 0.250. The third-order valence-electron chi connectivity index (χ3n) is 3.07. The summed E-state index contributed by atoms with van der Waals surface area (Å²) in [6.45, 7) is 1.96. The average molecular weight is 349 g/mol. The van der Waals surface area contributed by atoms with Crippen molar-refractivity contribution in [1.29, 1.82) is 0 Å². The molecule has 110 valence electrons. The van der Waals surface area contributed by atoms with Gasteiger partial charge in [0, 0.05) is 16.7 Å². The lowest BCUT2D eigenvalue weighted by Gasteiger charge is -2.16. The number of amides is 1. The maximum Gasteiger partial charge on any atom is 0.271 e. The minimum atomic E-state index is -0.190. The lowest BCUT2D eigenvalue weighted by Crippen LogP contribution is -2.34. The number of methoxy groups -OCH3 is 1. The van der Waals surface area contributed by atoms with E-state index < -0.39 is 0 Å². The summed E-state index contributed by atoms with van der Waals surface area (Å²) in [5.74, 6) is 0.641. The van der Waals surface area contributed by atoms with Gasteiger partial charge in [-0.3, -0.25) is 4.79 Å². The van der Waals surface area contributed by atoms with Crippen LogP contribution in [0.25, 0.3) is 0 Å². The number of para-hydroxylation sites is 1. The molecule has 0 saturated heterocycles. The van der Waals surface area contributed by atoms with Gasteiger partial charge in [-0.2, -0.15) is 0 Å². The van der Waals surface area contributed by atoms with Crippen molar-refractivity contribution in [3.63, 3.8) is 0 Å². The summed E-state index contributed by atoms with van der Waals surface area (Å²) >= 11 is 3.33. The number of benzene rings is 1. The largest absolute Gasteiger partial charge is 0.496 e. The highest BCUT2D eigenvalue weighted by Gasteiger charge is 2.15. The van der Waals surface area contributed by atoms with Gasteiger partial charge in [-0.15, -0.1) is 0 Å². The lowest BCUT2D eigenvalue weighted by molar-refractivity contribution is 0.0934. The maximum absolute atomic E-state index is 12.2. The molecule has 0 radical (unpaired) electrons. The van der Waals surface area contributed by atoms with Crippen LogP contribution in [-0.4, -0.2) is 24.0 Å². The predicted octanol–water partition coefficient (Wildman–Crippen LogP) is 3.21. The Bertz CT molecular complexity index is 631. The van der Waals surface area contributed by atoms with Crippen LogP contribution in [0, 0.1) is 0 Å². The van der Waals surface area contributed by atoms with Gasteiger partial charge in [0.25, 0.3) is 5.91 Å². The minimum absolute atomic E-state index is 0.0253. The first-order valence-electron chi connectivity index (χ1n) is 6.65. The van der Waals surface area contributed by atoms with E-state index >= 15 is 0 Å². The van der Waals surface area contributed by atoms with Crippen LogP contribution in [-0.2, 0) is 6.42 Å². The third kappa shape index (κ3) is 4.04. The van der Waals surface area contributed by atoms with Gasteiger partial charge in [0.05, 0.1) is 7.11 Å². The van der Waals surface area contributed by atoms with Crippen LogP contribution in [0.2, 0.25) is 0 Å². The third-order valence-corrected chi connectivity index (χ3v) is 3.71. The van der Waals surface area contributed by atoms with E-state index in [0.717, 1.165) is 11.3 Å². The van der Waals surface area contributed by atoms with Crippen LogP contribution < -0.4 is 10.1 Å². The number of pyridine rings is 1. The molecule has 1 heterocycles. The molecule has 1 N–H and O–H groups in total. The Morgan fingerprint density at radius 2 is 2.10 bits per heavy atom. The normalized spacial score (nSPS) is 11.8. The Kier molecular flexibility index (Phi) is 5.33.